The van der Waals surface area contributed by atoms with Gasteiger partial charge in [0.2, 0.25) is 5.91 Å². The van der Waals surface area contributed by atoms with Crippen molar-refractivity contribution in [2.45, 2.75) is 13.8 Å². The standard InChI is InChI=1S/C26H24FN7O/c1-6-23(35)31-22-9-16(8-21(27)14(22)2)24-19-7-17(20-12-30-34(5)15(20)3)10-28-26(19)32-25(24)18-11-29-33(4)13-18/h6-13H,1H2,2-5H3,(H,28,32)(H,31,35). The van der Waals surface area contributed by atoms with Crippen LogP contribution in [-0.4, -0.2) is 35.4 Å². The summed E-state index contributed by atoms with van der Waals surface area (Å²) in [6, 6.07) is 5.27. The minimum atomic E-state index is -0.430. The molecule has 0 saturated heterocycles. The molecule has 0 aliphatic heterocycles. The molecule has 35 heavy (non-hydrogen) atoms. The van der Waals surface area contributed by atoms with E-state index in [0.717, 1.165) is 45.1 Å². The van der Waals surface area contributed by atoms with Gasteiger partial charge in [-0.05, 0) is 43.7 Å². The van der Waals surface area contributed by atoms with Gasteiger partial charge in [-0.25, -0.2) is 9.37 Å². The van der Waals surface area contributed by atoms with Crippen LogP contribution in [0.2, 0.25) is 0 Å². The van der Waals surface area contributed by atoms with Gasteiger partial charge in [-0.3, -0.25) is 14.2 Å². The van der Waals surface area contributed by atoms with E-state index in [9.17, 15) is 4.79 Å². The van der Waals surface area contributed by atoms with Crippen LogP contribution in [0.15, 0.2) is 55.6 Å². The molecule has 0 aliphatic carbocycles. The van der Waals surface area contributed by atoms with E-state index in [1.807, 2.05) is 38.0 Å². The number of hydrogen-bond acceptors (Lipinski definition) is 4. The monoisotopic (exact) mass is 469 g/mol. The average molecular weight is 470 g/mol. The molecule has 2 N–H and O–H groups in total. The molecule has 0 atom stereocenters. The zero-order valence-electron chi connectivity index (χ0n) is 19.8. The molecule has 4 aromatic heterocycles. The lowest BCUT2D eigenvalue weighted by Crippen LogP contribution is -2.09. The third-order valence-corrected chi connectivity index (χ3v) is 6.27. The number of hydrogen-bond donors (Lipinski definition) is 2. The van der Waals surface area contributed by atoms with Gasteiger partial charge in [0.25, 0.3) is 0 Å². The number of anilines is 1. The normalized spacial score (nSPS) is 11.2. The maximum Gasteiger partial charge on any atom is 0.247 e. The number of H-pyrrole nitrogens is 1. The number of carbonyl (C=O) groups is 1. The smallest absolute Gasteiger partial charge is 0.247 e. The van der Waals surface area contributed by atoms with Gasteiger partial charge in [-0.15, -0.1) is 0 Å². The highest BCUT2D eigenvalue weighted by molar-refractivity contribution is 6.05. The summed E-state index contributed by atoms with van der Waals surface area (Å²) in [5, 5.41) is 12.2. The maximum atomic E-state index is 15.1. The van der Waals surface area contributed by atoms with E-state index in [0.29, 0.717) is 22.5 Å². The molecule has 4 heterocycles. The predicted octanol–water partition coefficient (Wildman–Crippen LogP) is 4.91. The van der Waals surface area contributed by atoms with Crippen LogP contribution in [-0.2, 0) is 18.9 Å². The van der Waals surface area contributed by atoms with Crippen LogP contribution in [0.1, 0.15) is 11.3 Å². The molecule has 0 unspecified atom stereocenters. The quantitative estimate of drug-likeness (QED) is 0.358. The van der Waals surface area contributed by atoms with Crippen molar-refractivity contribution in [2.75, 3.05) is 5.32 Å². The minimum absolute atomic E-state index is 0.344. The van der Waals surface area contributed by atoms with Gasteiger partial charge >= 0.3 is 0 Å². The van der Waals surface area contributed by atoms with Crippen molar-refractivity contribution < 1.29 is 9.18 Å². The third-order valence-electron chi connectivity index (χ3n) is 6.27. The molecule has 1 aromatic carbocycles. The minimum Gasteiger partial charge on any atom is -0.339 e. The summed E-state index contributed by atoms with van der Waals surface area (Å²) in [5.74, 6) is -0.840. The molecule has 5 rings (SSSR count). The fourth-order valence-corrected chi connectivity index (χ4v) is 4.20. The number of carbonyl (C=O) groups excluding carboxylic acids is 1. The Balaban J connectivity index is 1.79. The highest BCUT2D eigenvalue weighted by atomic mass is 19.1. The molecule has 0 radical (unpaired) electrons. The van der Waals surface area contributed by atoms with E-state index in [1.165, 1.54) is 6.07 Å². The number of pyridine rings is 1. The molecule has 0 spiro atoms. The first-order valence-electron chi connectivity index (χ1n) is 11.0. The molecule has 176 valence electrons. The van der Waals surface area contributed by atoms with E-state index >= 15 is 4.39 Å². The van der Waals surface area contributed by atoms with Crippen LogP contribution in [0.25, 0.3) is 44.5 Å². The second kappa shape index (κ2) is 8.35. The van der Waals surface area contributed by atoms with Crippen molar-refractivity contribution in [1.82, 2.24) is 29.5 Å². The van der Waals surface area contributed by atoms with Crippen LogP contribution in [0.3, 0.4) is 0 Å². The second-order valence-corrected chi connectivity index (χ2v) is 8.49. The number of aromatic amines is 1. The highest BCUT2D eigenvalue weighted by Crippen LogP contribution is 2.41. The maximum absolute atomic E-state index is 15.1. The Bertz CT molecular complexity index is 1620. The van der Waals surface area contributed by atoms with Gasteiger partial charge in [0, 0.05) is 71.1 Å². The highest BCUT2D eigenvalue weighted by Gasteiger charge is 2.21. The van der Waals surface area contributed by atoms with E-state index in [1.54, 1.807) is 36.3 Å². The Morgan fingerprint density at radius 2 is 1.89 bits per heavy atom. The number of nitrogens with zero attached hydrogens (tertiary/aromatic N) is 5. The number of fused-ring (bicyclic) bond motifs is 1. The van der Waals surface area contributed by atoms with Gasteiger partial charge in [-0.2, -0.15) is 10.2 Å². The Labute approximate surface area is 201 Å². The zero-order chi connectivity index (χ0) is 24.9. The lowest BCUT2D eigenvalue weighted by atomic mass is 9.96. The van der Waals surface area contributed by atoms with E-state index in [-0.39, 0.29) is 0 Å². The van der Waals surface area contributed by atoms with Crippen molar-refractivity contribution in [1.29, 1.82) is 0 Å². The molecule has 8 nitrogen and oxygen atoms in total. The summed E-state index contributed by atoms with van der Waals surface area (Å²) < 4.78 is 18.6. The fraction of sp³-hybridized carbons (Fsp3) is 0.154. The van der Waals surface area contributed by atoms with Crippen molar-refractivity contribution >= 4 is 22.6 Å². The van der Waals surface area contributed by atoms with Gasteiger partial charge in [0.15, 0.2) is 0 Å². The lowest BCUT2D eigenvalue weighted by molar-refractivity contribution is -0.111. The van der Waals surface area contributed by atoms with Crippen molar-refractivity contribution in [3.05, 3.63) is 72.7 Å². The lowest BCUT2D eigenvalue weighted by Gasteiger charge is -2.12. The van der Waals surface area contributed by atoms with E-state index in [2.05, 4.69) is 32.1 Å². The molecule has 5 aromatic rings. The SMILES string of the molecule is C=CC(=O)Nc1cc(-c2c(-c3cnn(C)c3)[nH]c3ncc(-c4cnn(C)c4C)cc23)cc(F)c1C. The van der Waals surface area contributed by atoms with Crippen molar-refractivity contribution in [3.8, 4) is 33.5 Å². The topological polar surface area (TPSA) is 93.4 Å². The molecular formula is C26H24FN7O. The molecule has 9 heteroatoms. The summed E-state index contributed by atoms with van der Waals surface area (Å²) in [5.41, 5.74) is 7.19. The largest absolute Gasteiger partial charge is 0.339 e. The van der Waals surface area contributed by atoms with Crippen molar-refractivity contribution in [2.24, 2.45) is 14.1 Å². The Hall–Kier alpha value is -4.53. The second-order valence-electron chi connectivity index (χ2n) is 8.49. The van der Waals surface area contributed by atoms with Gasteiger partial charge in [0.1, 0.15) is 11.5 Å². The molecule has 1 amide bonds. The first kappa shape index (κ1) is 22.3. The Morgan fingerprint density at radius 3 is 2.54 bits per heavy atom. The van der Waals surface area contributed by atoms with Gasteiger partial charge in [0.05, 0.1) is 18.1 Å². The fourth-order valence-electron chi connectivity index (χ4n) is 4.20. The Morgan fingerprint density at radius 1 is 1.09 bits per heavy atom. The van der Waals surface area contributed by atoms with Crippen LogP contribution in [0, 0.1) is 19.7 Å². The van der Waals surface area contributed by atoms with Crippen molar-refractivity contribution in [3.63, 3.8) is 0 Å². The van der Waals surface area contributed by atoms with Crippen LogP contribution in [0.4, 0.5) is 10.1 Å². The van der Waals surface area contributed by atoms with Gasteiger partial charge in [-0.1, -0.05) is 6.58 Å². The van der Waals surface area contributed by atoms with Crippen LogP contribution >= 0.6 is 0 Å². The summed E-state index contributed by atoms with van der Waals surface area (Å²) in [4.78, 5) is 20.1. The Kier molecular flexibility index (Phi) is 5.32. The molecule has 0 saturated carbocycles. The zero-order valence-corrected chi connectivity index (χ0v) is 19.8. The molecule has 0 bridgehead atoms. The summed E-state index contributed by atoms with van der Waals surface area (Å²) in [6.45, 7) is 7.11. The molecular weight excluding hydrogens is 445 g/mol. The van der Waals surface area contributed by atoms with Gasteiger partial charge < -0.3 is 10.3 Å². The average Bonchev–Trinajstić information content (AvgIpc) is 3.53. The van der Waals surface area contributed by atoms with E-state index in [4.69, 9.17) is 0 Å². The van der Waals surface area contributed by atoms with Crippen LogP contribution in [0.5, 0.6) is 0 Å². The number of halogens is 1. The number of aryl methyl sites for hydroxylation is 2. The first-order valence-corrected chi connectivity index (χ1v) is 11.0. The summed E-state index contributed by atoms with van der Waals surface area (Å²) in [6.07, 6.45) is 8.38. The number of benzene rings is 1. The molecule has 0 fully saturated rings. The number of rotatable bonds is 5. The molecule has 0 aliphatic rings. The third kappa shape index (κ3) is 3.80. The summed E-state index contributed by atoms with van der Waals surface area (Å²) >= 11 is 0. The first-order chi connectivity index (χ1) is 16.8. The number of amides is 1. The van der Waals surface area contributed by atoms with Crippen LogP contribution < -0.4 is 5.32 Å². The number of nitrogens with one attached hydrogen (secondary N) is 2. The number of aromatic nitrogens is 6. The summed E-state index contributed by atoms with van der Waals surface area (Å²) in [7, 11) is 3.73. The predicted molar refractivity (Wildman–Crippen MR) is 134 cm³/mol. The van der Waals surface area contributed by atoms with E-state index < -0.39 is 11.7 Å².